The fourth-order valence-corrected chi connectivity index (χ4v) is 16.1. The molecule has 0 saturated carbocycles. The number of fused-ring (bicyclic) bond motifs is 9. The Labute approximate surface area is 411 Å². The number of anilines is 6. The molecule has 68 heavy (non-hydrogen) atoms. The van der Waals surface area contributed by atoms with E-state index >= 15 is 0 Å². The summed E-state index contributed by atoms with van der Waals surface area (Å²) >= 11 is 1.96. The minimum Gasteiger partial charge on any atom is -0.458 e. The van der Waals surface area contributed by atoms with Gasteiger partial charge >= 0.3 is 0 Å². The lowest BCUT2D eigenvalue weighted by atomic mass is 9.37. The number of hydrogen-bond acceptors (Lipinski definition) is 4. The molecule has 2 aliphatic heterocycles. The van der Waals surface area contributed by atoms with Crippen molar-refractivity contribution in [2.75, 3.05) is 9.80 Å². The lowest BCUT2D eigenvalue weighted by Gasteiger charge is -2.40. The molecule has 0 saturated heterocycles. The third-order valence-corrected chi connectivity index (χ3v) is 18.4. The lowest BCUT2D eigenvalue weighted by molar-refractivity contribution is 0.402. The summed E-state index contributed by atoms with van der Waals surface area (Å²) in [6.07, 6.45) is 3.36. The average Bonchev–Trinajstić information content (AvgIpc) is 3.84. The second kappa shape index (κ2) is 13.7. The van der Waals surface area contributed by atoms with E-state index in [1.807, 2.05) is 11.3 Å². The molecule has 6 aromatic carbocycles. The van der Waals surface area contributed by atoms with Crippen molar-refractivity contribution in [2.24, 2.45) is 0 Å². The normalized spacial score (nSPS) is 20.0. The van der Waals surface area contributed by atoms with Crippen LogP contribution in [-0.2, 0) is 37.9 Å². The topological polar surface area (TPSA) is 15.7 Å². The van der Waals surface area contributed by atoms with E-state index in [0.717, 1.165) is 36.4 Å². The second-order valence-electron chi connectivity index (χ2n) is 26.4. The molecular weight excluding hydrogens is 844 g/mol. The first-order chi connectivity index (χ1) is 31.8. The van der Waals surface area contributed by atoms with Crippen molar-refractivity contribution in [1.29, 1.82) is 0 Å². The van der Waals surface area contributed by atoms with Crippen LogP contribution in [0.15, 0.2) is 109 Å². The van der Waals surface area contributed by atoms with Gasteiger partial charge in [-0.1, -0.05) is 146 Å². The van der Waals surface area contributed by atoms with Crippen molar-refractivity contribution in [1.82, 2.24) is 0 Å². The summed E-state index contributed by atoms with van der Waals surface area (Å²) in [5.41, 5.74) is 20.2. The summed E-state index contributed by atoms with van der Waals surface area (Å²) in [5, 5.41) is 1.32. The highest BCUT2D eigenvalue weighted by atomic mass is 32.1. The van der Waals surface area contributed by atoms with Crippen molar-refractivity contribution >= 4 is 78.0 Å². The Morgan fingerprint density at radius 3 is 1.63 bits per heavy atom. The molecule has 3 nitrogen and oxygen atoms in total. The largest absolute Gasteiger partial charge is 0.458 e. The highest BCUT2D eigenvalue weighted by Crippen LogP contribution is 2.57. The van der Waals surface area contributed by atoms with Crippen molar-refractivity contribution in [3.63, 3.8) is 0 Å². The molecule has 346 valence electrons. The Hall–Kier alpha value is -5.26. The van der Waals surface area contributed by atoms with Crippen LogP contribution in [0.5, 0.6) is 11.5 Å². The van der Waals surface area contributed by atoms with Crippen LogP contribution in [0.25, 0.3) is 10.1 Å². The van der Waals surface area contributed by atoms with E-state index in [1.54, 1.807) is 0 Å². The maximum atomic E-state index is 7.28. The molecule has 0 bridgehead atoms. The molecule has 0 radical (unpaired) electrons. The molecule has 0 N–H and O–H groups in total. The summed E-state index contributed by atoms with van der Waals surface area (Å²) in [6, 6.07) is 43.1. The quantitative estimate of drug-likeness (QED) is 0.164. The Morgan fingerprint density at radius 1 is 0.529 bits per heavy atom. The lowest BCUT2D eigenvalue weighted by Crippen LogP contribution is -2.58. The molecule has 3 aliphatic carbocycles. The van der Waals surface area contributed by atoms with Crippen LogP contribution >= 0.6 is 11.3 Å². The summed E-state index contributed by atoms with van der Waals surface area (Å²) in [7, 11) is 0. The van der Waals surface area contributed by atoms with Crippen molar-refractivity contribution < 1.29 is 4.74 Å². The van der Waals surface area contributed by atoms with E-state index in [1.165, 1.54) is 93.2 Å². The first-order valence-corrected chi connectivity index (χ1v) is 26.1. The third-order valence-electron chi connectivity index (χ3n) is 17.2. The van der Waals surface area contributed by atoms with Gasteiger partial charge in [-0.25, -0.2) is 0 Å². The molecule has 1 aromatic heterocycles. The van der Waals surface area contributed by atoms with E-state index in [-0.39, 0.29) is 44.6 Å². The van der Waals surface area contributed by atoms with Crippen LogP contribution in [0, 0.1) is 0 Å². The standard InChI is InChI=1S/C63H69BN2OS/c1-57(2,3)37-20-27-53-42(28-37)55-56(68-53)64-49-18-16-17-19-51(49)67-52-33-41(32-50(54(52)64)66(55)40-23-26-45-48(31-40)63(14,15)36-60(45,8)9)65(38-21-24-43-46(29-38)61(10,11)34-58(43,4)5)39-22-25-44-47(30-39)62(12,13)35-59(44,6)7/h16-33H,34-36H2,1-15H3. The van der Waals surface area contributed by atoms with Crippen molar-refractivity contribution in [2.45, 2.75) is 161 Å². The fourth-order valence-electron chi connectivity index (χ4n) is 14.8. The summed E-state index contributed by atoms with van der Waals surface area (Å²) in [5.74, 6) is 1.87. The van der Waals surface area contributed by atoms with Gasteiger partial charge in [-0.15, -0.1) is 11.3 Å². The zero-order valence-corrected chi connectivity index (χ0v) is 44.1. The zero-order valence-electron chi connectivity index (χ0n) is 43.3. The Kier molecular flexibility index (Phi) is 8.89. The van der Waals surface area contributed by atoms with Crippen LogP contribution in [0.2, 0.25) is 0 Å². The van der Waals surface area contributed by atoms with Crippen LogP contribution in [0.3, 0.4) is 0 Å². The maximum Gasteiger partial charge on any atom is 0.268 e. The third kappa shape index (κ3) is 6.28. The first kappa shape index (κ1) is 44.0. The molecule has 0 unspecified atom stereocenters. The van der Waals surface area contributed by atoms with Gasteiger partial charge in [-0.3, -0.25) is 0 Å². The van der Waals surface area contributed by atoms with Gasteiger partial charge in [0, 0.05) is 43.7 Å². The van der Waals surface area contributed by atoms with Crippen molar-refractivity contribution in [3.05, 3.63) is 148 Å². The number of para-hydroxylation sites is 1. The predicted molar refractivity (Wildman–Crippen MR) is 293 cm³/mol. The van der Waals surface area contributed by atoms with E-state index < -0.39 is 0 Å². The van der Waals surface area contributed by atoms with Gasteiger partial charge in [0.05, 0.1) is 11.4 Å². The van der Waals surface area contributed by atoms with Gasteiger partial charge in [0.25, 0.3) is 6.71 Å². The first-order valence-electron chi connectivity index (χ1n) is 25.3. The fraction of sp³-hybridized carbons (Fsp3) is 0.397. The second-order valence-corrected chi connectivity index (χ2v) is 27.5. The highest BCUT2D eigenvalue weighted by molar-refractivity contribution is 7.33. The van der Waals surface area contributed by atoms with Gasteiger partial charge in [0.2, 0.25) is 0 Å². The number of rotatable bonds is 4. The zero-order chi connectivity index (χ0) is 48.0. The minimum atomic E-state index is -0.00497. The van der Waals surface area contributed by atoms with Gasteiger partial charge < -0.3 is 14.5 Å². The molecule has 3 heterocycles. The van der Waals surface area contributed by atoms with Crippen LogP contribution in [0.1, 0.15) is 162 Å². The molecule has 0 fully saturated rings. The van der Waals surface area contributed by atoms with E-state index in [4.69, 9.17) is 4.74 Å². The molecule has 0 atom stereocenters. The van der Waals surface area contributed by atoms with E-state index in [2.05, 4.69) is 223 Å². The van der Waals surface area contributed by atoms with E-state index in [0.29, 0.717) is 0 Å². The molecule has 7 aromatic rings. The smallest absolute Gasteiger partial charge is 0.268 e. The van der Waals surface area contributed by atoms with Crippen LogP contribution in [-0.4, -0.2) is 6.71 Å². The molecule has 5 aliphatic rings. The van der Waals surface area contributed by atoms with Crippen LogP contribution in [0.4, 0.5) is 34.1 Å². The predicted octanol–water partition coefficient (Wildman–Crippen LogP) is 16.0. The number of benzene rings is 6. The number of nitrogens with zero attached hydrogens (tertiary/aromatic N) is 2. The average molecular weight is 913 g/mol. The minimum absolute atomic E-state index is 0.00497. The van der Waals surface area contributed by atoms with Gasteiger partial charge in [-0.2, -0.15) is 0 Å². The SMILES string of the molecule is CC(C)(C)c1ccc2sc3c(c2c1)N(c1ccc2c(c1)C(C)(C)CC2(C)C)c1cc(N(c2ccc4c(c2)C(C)(C)CC4(C)C)c2ccc4c(c2)C(C)(C)CC4(C)C)cc2c1B3c1ccccc1O2. The summed E-state index contributed by atoms with van der Waals surface area (Å²) in [6.45, 7) is 36.2. The Morgan fingerprint density at radius 2 is 1.06 bits per heavy atom. The summed E-state index contributed by atoms with van der Waals surface area (Å²) < 4.78 is 9.98. The summed E-state index contributed by atoms with van der Waals surface area (Å²) in [4.78, 5) is 5.21. The Balaban J connectivity index is 1.18. The number of ether oxygens (including phenoxy) is 1. The Bertz CT molecular complexity index is 3240. The van der Waals surface area contributed by atoms with Crippen molar-refractivity contribution in [3.8, 4) is 11.5 Å². The number of hydrogen-bond donors (Lipinski definition) is 0. The van der Waals surface area contributed by atoms with Gasteiger partial charge in [0.15, 0.2) is 0 Å². The van der Waals surface area contributed by atoms with Gasteiger partial charge in [-0.05, 0) is 168 Å². The monoisotopic (exact) mass is 913 g/mol. The van der Waals surface area contributed by atoms with E-state index in [9.17, 15) is 0 Å². The number of thiophene rings is 1. The molecule has 5 heteroatoms. The molecule has 12 rings (SSSR count). The van der Waals surface area contributed by atoms with Crippen LogP contribution < -0.4 is 30.2 Å². The van der Waals surface area contributed by atoms with Gasteiger partial charge in [0.1, 0.15) is 11.5 Å². The maximum absolute atomic E-state index is 7.28. The highest BCUT2D eigenvalue weighted by Gasteiger charge is 2.48. The molecular formula is C63H69BN2OS. The molecule has 0 spiro atoms. The molecule has 0 amide bonds.